The van der Waals surface area contributed by atoms with Crippen LogP contribution in [0.2, 0.25) is 0 Å². The molecule has 0 aromatic carbocycles. The first-order chi connectivity index (χ1) is 8.81. The number of hydrogen-bond acceptors (Lipinski definition) is 4. The van der Waals surface area contributed by atoms with Crippen LogP contribution in [0.3, 0.4) is 0 Å². The third kappa shape index (κ3) is 4.12. The topological polar surface area (TPSA) is 24.5 Å². The molecular formula is C14H28N2OS. The summed E-state index contributed by atoms with van der Waals surface area (Å²) in [6.45, 7) is 6.50. The predicted octanol–water partition coefficient (Wildman–Crippen LogP) is 1.83. The van der Waals surface area contributed by atoms with Crippen molar-refractivity contribution in [2.45, 2.75) is 38.3 Å². The van der Waals surface area contributed by atoms with Gasteiger partial charge in [0.1, 0.15) is 0 Å². The lowest BCUT2D eigenvalue weighted by Gasteiger charge is -2.40. The molecule has 0 spiro atoms. The molecule has 2 aliphatic heterocycles. The highest BCUT2D eigenvalue weighted by Crippen LogP contribution is 2.25. The van der Waals surface area contributed by atoms with Gasteiger partial charge in [-0.15, -0.1) is 0 Å². The van der Waals surface area contributed by atoms with Crippen molar-refractivity contribution in [1.29, 1.82) is 0 Å². The van der Waals surface area contributed by atoms with Gasteiger partial charge >= 0.3 is 0 Å². The van der Waals surface area contributed by atoms with Gasteiger partial charge in [0, 0.05) is 43.3 Å². The van der Waals surface area contributed by atoms with Gasteiger partial charge in [-0.1, -0.05) is 6.92 Å². The van der Waals surface area contributed by atoms with Crippen molar-refractivity contribution in [3.8, 4) is 0 Å². The Hall–Kier alpha value is 0.230. The molecule has 0 aromatic heterocycles. The Morgan fingerprint density at radius 3 is 2.83 bits per heavy atom. The van der Waals surface area contributed by atoms with Crippen LogP contribution in [0.15, 0.2) is 0 Å². The summed E-state index contributed by atoms with van der Waals surface area (Å²) in [6, 6.07) is 1.38. The lowest BCUT2D eigenvalue weighted by molar-refractivity contribution is 0.0561. The summed E-state index contributed by atoms with van der Waals surface area (Å²) in [5.74, 6) is 3.45. The number of rotatable bonds is 5. The Bertz CT molecular complexity index is 234. The van der Waals surface area contributed by atoms with Gasteiger partial charge in [0.25, 0.3) is 0 Å². The van der Waals surface area contributed by atoms with Crippen LogP contribution in [0, 0.1) is 5.92 Å². The highest BCUT2D eigenvalue weighted by molar-refractivity contribution is 7.99. The summed E-state index contributed by atoms with van der Waals surface area (Å²) >= 11 is 2.12. The molecule has 0 radical (unpaired) electrons. The fourth-order valence-electron chi connectivity index (χ4n) is 3.11. The normalized spacial score (nSPS) is 29.3. The molecule has 106 valence electrons. The monoisotopic (exact) mass is 272 g/mol. The van der Waals surface area contributed by atoms with Crippen LogP contribution in [-0.2, 0) is 4.74 Å². The molecule has 3 nitrogen and oxygen atoms in total. The Balaban J connectivity index is 1.88. The minimum Gasteiger partial charge on any atom is -0.381 e. The van der Waals surface area contributed by atoms with Crippen molar-refractivity contribution in [2.24, 2.45) is 5.92 Å². The number of ether oxygens (including phenoxy) is 1. The summed E-state index contributed by atoms with van der Waals surface area (Å²) in [6.07, 6.45) is 3.84. The minimum atomic E-state index is 0.663. The zero-order chi connectivity index (χ0) is 12.8. The molecule has 0 amide bonds. The zero-order valence-corrected chi connectivity index (χ0v) is 12.7. The van der Waals surface area contributed by atoms with E-state index in [-0.39, 0.29) is 0 Å². The second-order valence-electron chi connectivity index (χ2n) is 5.58. The average Bonchev–Trinajstić information content (AvgIpc) is 2.40. The molecule has 2 heterocycles. The maximum absolute atomic E-state index is 5.47. The third-order valence-electron chi connectivity index (χ3n) is 4.30. The maximum Gasteiger partial charge on any atom is 0.0468 e. The van der Waals surface area contributed by atoms with Crippen molar-refractivity contribution in [3.63, 3.8) is 0 Å². The summed E-state index contributed by atoms with van der Waals surface area (Å²) in [5.41, 5.74) is 0. The van der Waals surface area contributed by atoms with E-state index in [1.807, 2.05) is 0 Å². The predicted molar refractivity (Wildman–Crippen MR) is 79.4 cm³/mol. The second kappa shape index (κ2) is 7.73. The van der Waals surface area contributed by atoms with E-state index in [2.05, 4.69) is 35.9 Å². The molecule has 4 heteroatoms. The highest BCUT2D eigenvalue weighted by atomic mass is 32.2. The van der Waals surface area contributed by atoms with E-state index in [9.17, 15) is 0 Å². The van der Waals surface area contributed by atoms with Gasteiger partial charge < -0.3 is 15.0 Å². The van der Waals surface area contributed by atoms with Crippen molar-refractivity contribution in [2.75, 3.05) is 44.9 Å². The molecule has 2 rings (SSSR count). The minimum absolute atomic E-state index is 0.663. The van der Waals surface area contributed by atoms with Crippen LogP contribution in [0.25, 0.3) is 0 Å². The molecule has 2 saturated heterocycles. The molecule has 2 atom stereocenters. The molecule has 18 heavy (non-hydrogen) atoms. The number of likely N-dealkylation sites (N-methyl/N-ethyl adjacent to an activating group) is 2. The smallest absolute Gasteiger partial charge is 0.0468 e. The summed E-state index contributed by atoms with van der Waals surface area (Å²) in [4.78, 5) is 2.56. The van der Waals surface area contributed by atoms with E-state index in [0.717, 1.165) is 25.7 Å². The summed E-state index contributed by atoms with van der Waals surface area (Å²) in [5, 5.41) is 3.73. The van der Waals surface area contributed by atoms with Gasteiger partial charge in [-0.3, -0.25) is 0 Å². The number of nitrogens with zero attached hydrogens (tertiary/aromatic N) is 1. The highest BCUT2D eigenvalue weighted by Gasteiger charge is 2.29. The lowest BCUT2D eigenvalue weighted by atomic mass is 9.89. The van der Waals surface area contributed by atoms with E-state index >= 15 is 0 Å². The van der Waals surface area contributed by atoms with Crippen molar-refractivity contribution in [1.82, 2.24) is 10.2 Å². The Morgan fingerprint density at radius 1 is 1.39 bits per heavy atom. The Morgan fingerprint density at radius 2 is 2.17 bits per heavy atom. The van der Waals surface area contributed by atoms with Crippen molar-refractivity contribution in [3.05, 3.63) is 0 Å². The first kappa shape index (κ1) is 14.6. The van der Waals surface area contributed by atoms with Crippen LogP contribution in [0.1, 0.15) is 26.2 Å². The van der Waals surface area contributed by atoms with Crippen molar-refractivity contribution >= 4 is 11.8 Å². The van der Waals surface area contributed by atoms with Crippen molar-refractivity contribution < 1.29 is 4.74 Å². The van der Waals surface area contributed by atoms with Crippen LogP contribution in [0.4, 0.5) is 0 Å². The third-order valence-corrected chi connectivity index (χ3v) is 5.35. The maximum atomic E-state index is 5.47. The molecule has 2 fully saturated rings. The van der Waals surface area contributed by atoms with E-state index in [1.54, 1.807) is 0 Å². The van der Waals surface area contributed by atoms with E-state index < -0.39 is 0 Å². The summed E-state index contributed by atoms with van der Waals surface area (Å²) < 4.78 is 5.47. The van der Waals surface area contributed by atoms with Gasteiger partial charge in [0.15, 0.2) is 0 Å². The Kier molecular flexibility index (Phi) is 6.29. The van der Waals surface area contributed by atoms with Crippen LogP contribution in [0.5, 0.6) is 0 Å². The molecule has 2 aliphatic rings. The number of hydrogen-bond donors (Lipinski definition) is 1. The van der Waals surface area contributed by atoms with E-state index in [1.165, 1.54) is 37.3 Å². The van der Waals surface area contributed by atoms with Crippen LogP contribution >= 0.6 is 11.8 Å². The molecule has 0 bridgehead atoms. The molecular weight excluding hydrogens is 244 g/mol. The first-order valence-corrected chi connectivity index (χ1v) is 8.55. The van der Waals surface area contributed by atoms with Crippen LogP contribution < -0.4 is 5.32 Å². The molecule has 0 saturated carbocycles. The van der Waals surface area contributed by atoms with E-state index in [0.29, 0.717) is 12.1 Å². The van der Waals surface area contributed by atoms with E-state index in [4.69, 9.17) is 4.74 Å². The van der Waals surface area contributed by atoms with Gasteiger partial charge in [-0.25, -0.2) is 0 Å². The lowest BCUT2D eigenvalue weighted by Crippen LogP contribution is -2.53. The fourth-order valence-corrected chi connectivity index (χ4v) is 4.42. The van der Waals surface area contributed by atoms with Gasteiger partial charge in [-0.05, 0) is 38.8 Å². The fraction of sp³-hybridized carbons (Fsp3) is 1.00. The van der Waals surface area contributed by atoms with Gasteiger partial charge in [-0.2, -0.15) is 11.8 Å². The zero-order valence-electron chi connectivity index (χ0n) is 11.9. The standard InChI is InChI=1S/C14H28N2OS/c1-3-15-13(10-12-4-7-17-8-5-12)14-11-18-9-6-16(14)2/h12-15H,3-11H2,1-2H3. The second-order valence-corrected chi connectivity index (χ2v) is 6.73. The van der Waals surface area contributed by atoms with Gasteiger partial charge in [0.2, 0.25) is 0 Å². The Labute approximate surface area is 116 Å². The first-order valence-electron chi connectivity index (χ1n) is 7.40. The number of nitrogens with one attached hydrogen (secondary N) is 1. The van der Waals surface area contributed by atoms with Crippen LogP contribution in [-0.4, -0.2) is 61.8 Å². The van der Waals surface area contributed by atoms with Gasteiger partial charge in [0.05, 0.1) is 0 Å². The quantitative estimate of drug-likeness (QED) is 0.825. The summed E-state index contributed by atoms with van der Waals surface area (Å²) in [7, 11) is 2.29. The number of thioether (sulfide) groups is 1. The molecule has 0 aromatic rings. The largest absolute Gasteiger partial charge is 0.381 e. The average molecular weight is 272 g/mol. The molecule has 1 N–H and O–H groups in total. The molecule has 0 aliphatic carbocycles. The molecule has 2 unspecified atom stereocenters. The SMILES string of the molecule is CCNC(CC1CCOCC1)C1CSCCN1C.